The molecule has 0 atom stereocenters. The molecule has 1 fully saturated rings. The zero-order chi connectivity index (χ0) is 19.3. The van der Waals surface area contributed by atoms with E-state index in [2.05, 4.69) is 10.3 Å². The monoisotopic (exact) mass is 506 g/mol. The summed E-state index contributed by atoms with van der Waals surface area (Å²) in [6.07, 6.45) is -4.46. The van der Waals surface area contributed by atoms with Gasteiger partial charge in [0.25, 0.3) is 0 Å². The summed E-state index contributed by atoms with van der Waals surface area (Å²) in [5.41, 5.74) is 6.44. The number of anilines is 2. The summed E-state index contributed by atoms with van der Waals surface area (Å²) in [7, 11) is 0. The van der Waals surface area contributed by atoms with E-state index in [9.17, 15) is 13.2 Å². The Bertz CT molecular complexity index is 794. The molecule has 2 aromatic rings. The first kappa shape index (κ1) is 22.3. The van der Waals surface area contributed by atoms with E-state index in [1.165, 1.54) is 12.1 Å². The number of nitrogens with two attached hydrogens (primary N) is 1. The summed E-state index contributed by atoms with van der Waals surface area (Å²) in [5, 5.41) is 2.86. The Balaban J connectivity index is 0.00000280. The van der Waals surface area contributed by atoms with Gasteiger partial charge in [-0.05, 0) is 29.8 Å². The first-order valence-electron chi connectivity index (χ1n) is 8.58. The number of rotatable bonds is 4. The summed E-state index contributed by atoms with van der Waals surface area (Å²) < 4.78 is 45.8. The molecule has 2 aromatic carbocycles. The van der Waals surface area contributed by atoms with Gasteiger partial charge in [0, 0.05) is 24.5 Å². The number of nitrogens with one attached hydrogen (secondary N) is 1. The molecule has 152 valence electrons. The van der Waals surface area contributed by atoms with Gasteiger partial charge in [0.05, 0.1) is 25.3 Å². The Morgan fingerprint density at radius 2 is 1.79 bits per heavy atom. The Labute approximate surface area is 178 Å². The number of halogens is 4. The van der Waals surface area contributed by atoms with Crippen LogP contribution in [-0.2, 0) is 17.5 Å². The maximum Gasteiger partial charge on any atom is 0.416 e. The van der Waals surface area contributed by atoms with Crippen LogP contribution < -0.4 is 16.0 Å². The smallest absolute Gasteiger partial charge is 0.378 e. The molecule has 9 heteroatoms. The summed E-state index contributed by atoms with van der Waals surface area (Å²) in [4.78, 5) is 5.94. The van der Waals surface area contributed by atoms with Gasteiger partial charge >= 0.3 is 6.18 Å². The maximum atomic E-state index is 13.5. The van der Waals surface area contributed by atoms with Crippen molar-refractivity contribution in [2.45, 2.75) is 12.7 Å². The van der Waals surface area contributed by atoms with Crippen LogP contribution in [0, 0.1) is 0 Å². The fraction of sp³-hybridized carbons (Fsp3) is 0.316. The van der Waals surface area contributed by atoms with Gasteiger partial charge in [-0.1, -0.05) is 24.3 Å². The first-order chi connectivity index (χ1) is 12.9. The SMILES string of the molecule is I.NC(=NCc1ccc(N2CCOCC2)cc1C(F)(F)F)Nc1ccccc1. The number of para-hydroxylation sites is 1. The van der Waals surface area contributed by atoms with Crippen molar-refractivity contribution in [2.75, 3.05) is 36.5 Å². The molecule has 0 saturated carbocycles. The summed E-state index contributed by atoms with van der Waals surface area (Å²) in [5.74, 6) is 0.0616. The zero-order valence-corrected chi connectivity index (χ0v) is 17.4. The number of hydrogen-bond acceptors (Lipinski definition) is 3. The minimum atomic E-state index is -4.46. The van der Waals surface area contributed by atoms with Crippen molar-refractivity contribution in [1.82, 2.24) is 0 Å². The number of benzene rings is 2. The van der Waals surface area contributed by atoms with Crippen molar-refractivity contribution >= 4 is 41.3 Å². The van der Waals surface area contributed by atoms with Gasteiger partial charge in [-0.2, -0.15) is 13.2 Å². The second-order valence-electron chi connectivity index (χ2n) is 6.13. The normalized spacial score (nSPS) is 15.1. The number of nitrogens with zero attached hydrogens (tertiary/aromatic N) is 2. The predicted octanol–water partition coefficient (Wildman–Crippen LogP) is 4.09. The molecule has 1 heterocycles. The minimum Gasteiger partial charge on any atom is -0.378 e. The molecule has 0 aliphatic carbocycles. The van der Waals surface area contributed by atoms with Crippen molar-refractivity contribution < 1.29 is 17.9 Å². The summed E-state index contributed by atoms with van der Waals surface area (Å²) in [6, 6.07) is 13.4. The Morgan fingerprint density at radius 3 is 2.43 bits per heavy atom. The van der Waals surface area contributed by atoms with Crippen molar-refractivity contribution in [3.63, 3.8) is 0 Å². The van der Waals surface area contributed by atoms with Crippen LogP contribution in [0.4, 0.5) is 24.5 Å². The lowest BCUT2D eigenvalue weighted by Crippen LogP contribution is -2.36. The number of morpholine rings is 1. The van der Waals surface area contributed by atoms with E-state index in [1.807, 2.05) is 23.1 Å². The third-order valence-electron chi connectivity index (χ3n) is 4.24. The lowest BCUT2D eigenvalue weighted by molar-refractivity contribution is -0.138. The molecule has 0 bridgehead atoms. The summed E-state index contributed by atoms with van der Waals surface area (Å²) in [6.45, 7) is 2.00. The van der Waals surface area contributed by atoms with Crippen molar-refractivity contribution in [1.29, 1.82) is 0 Å². The van der Waals surface area contributed by atoms with Gasteiger partial charge < -0.3 is 20.7 Å². The third kappa shape index (κ3) is 5.99. The molecule has 1 aliphatic heterocycles. The van der Waals surface area contributed by atoms with Crippen LogP contribution in [0.3, 0.4) is 0 Å². The van der Waals surface area contributed by atoms with Crippen LogP contribution >= 0.6 is 24.0 Å². The molecule has 0 spiro atoms. The van der Waals surface area contributed by atoms with E-state index in [0.717, 1.165) is 5.69 Å². The van der Waals surface area contributed by atoms with Crippen LogP contribution in [-0.4, -0.2) is 32.3 Å². The fourth-order valence-electron chi connectivity index (χ4n) is 2.86. The average Bonchev–Trinajstić information content (AvgIpc) is 2.67. The molecule has 3 N–H and O–H groups in total. The lowest BCUT2D eigenvalue weighted by atomic mass is 10.1. The minimum absolute atomic E-state index is 0. The van der Waals surface area contributed by atoms with Gasteiger partial charge in [0.2, 0.25) is 0 Å². The topological polar surface area (TPSA) is 62.9 Å². The van der Waals surface area contributed by atoms with Crippen LogP contribution in [0.1, 0.15) is 11.1 Å². The number of alkyl halides is 3. The van der Waals surface area contributed by atoms with Gasteiger partial charge in [-0.25, -0.2) is 4.99 Å². The lowest BCUT2D eigenvalue weighted by Gasteiger charge is -2.29. The van der Waals surface area contributed by atoms with Crippen LogP contribution in [0.15, 0.2) is 53.5 Å². The quantitative estimate of drug-likeness (QED) is 0.373. The first-order valence-corrected chi connectivity index (χ1v) is 8.58. The average molecular weight is 506 g/mol. The number of guanidine groups is 1. The molecule has 28 heavy (non-hydrogen) atoms. The number of hydrogen-bond donors (Lipinski definition) is 2. The predicted molar refractivity (Wildman–Crippen MR) is 115 cm³/mol. The van der Waals surface area contributed by atoms with Crippen LogP contribution in [0.2, 0.25) is 0 Å². The third-order valence-corrected chi connectivity index (χ3v) is 4.24. The van der Waals surface area contributed by atoms with E-state index in [4.69, 9.17) is 10.5 Å². The molecule has 0 unspecified atom stereocenters. The molecule has 1 saturated heterocycles. The molecule has 0 aromatic heterocycles. The maximum absolute atomic E-state index is 13.5. The summed E-state index contributed by atoms with van der Waals surface area (Å²) >= 11 is 0. The van der Waals surface area contributed by atoms with E-state index in [1.54, 1.807) is 18.2 Å². The highest BCUT2D eigenvalue weighted by Crippen LogP contribution is 2.35. The van der Waals surface area contributed by atoms with Crippen LogP contribution in [0.5, 0.6) is 0 Å². The van der Waals surface area contributed by atoms with Gasteiger partial charge in [0.1, 0.15) is 0 Å². The fourth-order valence-corrected chi connectivity index (χ4v) is 2.86. The second kappa shape index (κ2) is 9.97. The van der Waals surface area contributed by atoms with E-state index < -0.39 is 11.7 Å². The largest absolute Gasteiger partial charge is 0.416 e. The zero-order valence-electron chi connectivity index (χ0n) is 15.1. The second-order valence-corrected chi connectivity index (χ2v) is 6.13. The molecule has 1 aliphatic rings. The highest BCUT2D eigenvalue weighted by molar-refractivity contribution is 14.0. The van der Waals surface area contributed by atoms with E-state index >= 15 is 0 Å². The van der Waals surface area contributed by atoms with Crippen molar-refractivity contribution in [2.24, 2.45) is 10.7 Å². The van der Waals surface area contributed by atoms with Crippen LogP contribution in [0.25, 0.3) is 0 Å². The Morgan fingerprint density at radius 1 is 1.11 bits per heavy atom. The Kier molecular flexibility index (Phi) is 7.93. The highest BCUT2D eigenvalue weighted by Gasteiger charge is 2.34. The highest BCUT2D eigenvalue weighted by atomic mass is 127. The van der Waals surface area contributed by atoms with Gasteiger partial charge in [-0.15, -0.1) is 24.0 Å². The number of ether oxygens (including phenoxy) is 1. The van der Waals surface area contributed by atoms with Crippen molar-refractivity contribution in [3.8, 4) is 0 Å². The van der Waals surface area contributed by atoms with Gasteiger partial charge in [-0.3, -0.25) is 0 Å². The molecule has 5 nitrogen and oxygen atoms in total. The molecular formula is C19H22F3IN4O. The number of aliphatic imine (C=N–C) groups is 1. The van der Waals surface area contributed by atoms with Crippen molar-refractivity contribution in [3.05, 3.63) is 59.7 Å². The standard InChI is InChI=1S/C19H21F3N4O.HI/c20-19(21,22)17-12-16(26-8-10-27-11-9-26)7-6-14(17)13-24-18(23)25-15-4-2-1-3-5-15;/h1-7,12H,8-11,13H2,(H3,23,24,25);1H. The van der Waals surface area contributed by atoms with E-state index in [-0.39, 0.29) is 42.0 Å². The molecule has 3 rings (SSSR count). The molecular weight excluding hydrogens is 484 g/mol. The van der Waals surface area contributed by atoms with E-state index in [0.29, 0.717) is 32.0 Å². The Hall–Kier alpha value is -2.01. The molecule has 0 amide bonds. The molecule has 0 radical (unpaired) electrons. The van der Waals surface area contributed by atoms with Gasteiger partial charge in [0.15, 0.2) is 5.96 Å².